The summed E-state index contributed by atoms with van der Waals surface area (Å²) in [7, 11) is 0. The topological polar surface area (TPSA) is 137 Å². The number of benzene rings is 2. The Morgan fingerprint density at radius 1 is 0.805 bits per heavy atom. The molecule has 0 heterocycles. The SMILES string of the molecule is CC(C)(CO)CCCN.CC(C)(CO)CCCNC(=O)NCCc1ccccc1.O=CC=NCCc1ccccc1. The maximum atomic E-state index is 11.6. The summed E-state index contributed by atoms with van der Waals surface area (Å²) in [4.78, 5) is 25.3. The zero-order valence-corrected chi connectivity index (χ0v) is 25.6. The third-order valence-electron chi connectivity index (χ3n) is 6.31. The zero-order chi connectivity index (χ0) is 30.8. The van der Waals surface area contributed by atoms with Crippen LogP contribution >= 0.6 is 0 Å². The van der Waals surface area contributed by atoms with Gasteiger partial charge in [-0.15, -0.1) is 0 Å². The Labute approximate surface area is 247 Å². The predicted octanol–water partition coefficient (Wildman–Crippen LogP) is 4.57. The zero-order valence-electron chi connectivity index (χ0n) is 25.6. The number of hydrogen-bond acceptors (Lipinski definition) is 6. The average molecular weight is 571 g/mol. The van der Waals surface area contributed by atoms with Gasteiger partial charge in [-0.05, 0) is 67.0 Å². The van der Waals surface area contributed by atoms with Crippen LogP contribution in [0.3, 0.4) is 0 Å². The van der Waals surface area contributed by atoms with Crippen molar-refractivity contribution in [3.63, 3.8) is 0 Å². The first-order chi connectivity index (χ1) is 19.6. The van der Waals surface area contributed by atoms with E-state index in [2.05, 4.69) is 39.9 Å². The lowest BCUT2D eigenvalue weighted by Gasteiger charge is -2.21. The fourth-order valence-corrected chi connectivity index (χ4v) is 3.49. The molecule has 2 aromatic rings. The van der Waals surface area contributed by atoms with Gasteiger partial charge in [0.2, 0.25) is 0 Å². The van der Waals surface area contributed by atoms with Crippen LogP contribution in [-0.4, -0.2) is 68.1 Å². The molecule has 41 heavy (non-hydrogen) atoms. The molecule has 2 aromatic carbocycles. The largest absolute Gasteiger partial charge is 0.396 e. The van der Waals surface area contributed by atoms with Gasteiger partial charge >= 0.3 is 6.03 Å². The Hall–Kier alpha value is -3.07. The number of hydrogen-bond donors (Lipinski definition) is 5. The lowest BCUT2D eigenvalue weighted by atomic mass is 9.89. The van der Waals surface area contributed by atoms with Gasteiger partial charge in [-0.25, -0.2) is 4.79 Å². The number of aliphatic imine (C=N–C) groups is 1. The fourth-order valence-electron chi connectivity index (χ4n) is 3.49. The molecule has 0 saturated carbocycles. The number of aliphatic hydroxyl groups is 2. The van der Waals surface area contributed by atoms with Crippen molar-refractivity contribution in [2.45, 2.75) is 66.2 Å². The molecule has 0 radical (unpaired) electrons. The molecule has 230 valence electrons. The Morgan fingerprint density at radius 3 is 1.78 bits per heavy atom. The number of nitrogens with one attached hydrogen (secondary N) is 2. The van der Waals surface area contributed by atoms with E-state index in [0.717, 1.165) is 45.1 Å². The van der Waals surface area contributed by atoms with Crippen molar-refractivity contribution in [1.82, 2.24) is 10.6 Å². The number of aldehydes is 1. The number of rotatable bonds is 16. The molecule has 6 N–H and O–H groups in total. The summed E-state index contributed by atoms with van der Waals surface area (Å²) in [6.45, 7) is 11.2. The lowest BCUT2D eigenvalue weighted by molar-refractivity contribution is -0.102. The Balaban J connectivity index is 0.000000646. The minimum absolute atomic E-state index is 0.0640. The molecule has 0 spiro atoms. The second kappa shape index (κ2) is 23.6. The highest BCUT2D eigenvalue weighted by Crippen LogP contribution is 2.20. The van der Waals surface area contributed by atoms with Crippen LogP contribution in [-0.2, 0) is 17.6 Å². The van der Waals surface area contributed by atoms with Crippen LogP contribution in [0.1, 0.15) is 64.5 Å². The summed E-state index contributed by atoms with van der Waals surface area (Å²) in [6.07, 6.45) is 7.52. The summed E-state index contributed by atoms with van der Waals surface area (Å²) in [5, 5.41) is 23.6. The first-order valence-electron chi connectivity index (χ1n) is 14.5. The van der Waals surface area contributed by atoms with Gasteiger partial charge < -0.3 is 26.6 Å². The highest BCUT2D eigenvalue weighted by atomic mass is 16.3. The average Bonchev–Trinajstić information content (AvgIpc) is 2.98. The standard InChI is InChI=1S/C16H26N2O2.C10H11NO.C7H17NO/c1-16(2,13-19)10-6-11-17-15(20)18-12-9-14-7-4-3-5-8-14;12-9-8-11-7-6-10-4-2-1-3-5-10;1-7(2,6-9)4-3-5-8/h3-5,7-8,19H,6,9-13H2,1-2H3,(H2,17,18,20);1-5,8-9H,6-7H2;9H,3-6,8H2,1-2H3. The van der Waals surface area contributed by atoms with Gasteiger partial charge in [0.25, 0.3) is 0 Å². The third-order valence-corrected chi connectivity index (χ3v) is 6.31. The van der Waals surface area contributed by atoms with Crippen LogP contribution in [0.15, 0.2) is 65.7 Å². The second-order valence-electron chi connectivity index (χ2n) is 11.5. The summed E-state index contributed by atoms with van der Waals surface area (Å²) >= 11 is 0. The molecule has 0 bridgehead atoms. The van der Waals surface area contributed by atoms with Gasteiger partial charge in [0, 0.05) is 32.8 Å². The quantitative estimate of drug-likeness (QED) is 0.114. The van der Waals surface area contributed by atoms with Gasteiger partial charge in [0.15, 0.2) is 6.29 Å². The summed E-state index contributed by atoms with van der Waals surface area (Å²) in [5.41, 5.74) is 7.78. The number of aliphatic hydroxyl groups excluding tert-OH is 2. The molecule has 0 atom stereocenters. The van der Waals surface area contributed by atoms with E-state index in [4.69, 9.17) is 15.9 Å². The van der Waals surface area contributed by atoms with Crippen LogP contribution < -0.4 is 16.4 Å². The minimum atomic E-state index is -0.122. The molecule has 2 rings (SSSR count). The van der Waals surface area contributed by atoms with Crippen LogP contribution in [0.25, 0.3) is 0 Å². The van der Waals surface area contributed by atoms with Crippen LogP contribution in [0.2, 0.25) is 0 Å². The highest BCUT2D eigenvalue weighted by Gasteiger charge is 2.15. The highest BCUT2D eigenvalue weighted by molar-refractivity contribution is 6.12. The number of carbonyl (C=O) groups excluding carboxylic acids is 2. The third kappa shape index (κ3) is 23.3. The van der Waals surface area contributed by atoms with Crippen molar-refractivity contribution in [1.29, 1.82) is 0 Å². The predicted molar refractivity (Wildman–Crippen MR) is 170 cm³/mol. The van der Waals surface area contributed by atoms with Gasteiger partial charge in [0.05, 0.1) is 6.21 Å². The second-order valence-corrected chi connectivity index (χ2v) is 11.5. The fraction of sp³-hybridized carbons (Fsp3) is 0.545. The van der Waals surface area contributed by atoms with E-state index in [-0.39, 0.29) is 30.1 Å². The maximum absolute atomic E-state index is 11.6. The van der Waals surface area contributed by atoms with Crippen molar-refractivity contribution in [2.24, 2.45) is 21.6 Å². The van der Waals surface area contributed by atoms with Crippen molar-refractivity contribution in [2.75, 3.05) is 39.4 Å². The molecule has 2 amide bonds. The van der Waals surface area contributed by atoms with Crippen molar-refractivity contribution in [3.8, 4) is 0 Å². The molecule has 0 aromatic heterocycles. The lowest BCUT2D eigenvalue weighted by Crippen LogP contribution is -2.37. The van der Waals surface area contributed by atoms with Gasteiger partial charge in [-0.2, -0.15) is 0 Å². The van der Waals surface area contributed by atoms with Crippen molar-refractivity contribution >= 4 is 18.5 Å². The summed E-state index contributed by atoms with van der Waals surface area (Å²) in [5.74, 6) is 0. The monoisotopic (exact) mass is 570 g/mol. The number of carbonyl (C=O) groups is 2. The van der Waals surface area contributed by atoms with Crippen LogP contribution in [0.4, 0.5) is 4.79 Å². The van der Waals surface area contributed by atoms with Crippen molar-refractivity contribution < 1.29 is 19.8 Å². The summed E-state index contributed by atoms with van der Waals surface area (Å²) < 4.78 is 0. The van der Waals surface area contributed by atoms with E-state index in [1.54, 1.807) is 0 Å². The van der Waals surface area contributed by atoms with Crippen molar-refractivity contribution in [3.05, 3.63) is 71.8 Å². The number of nitrogens with two attached hydrogens (primary N) is 1. The van der Waals surface area contributed by atoms with Gasteiger partial charge in [-0.3, -0.25) is 9.79 Å². The first kappa shape index (κ1) is 37.9. The molecule has 0 fully saturated rings. The maximum Gasteiger partial charge on any atom is 0.314 e. The number of urea groups is 1. The smallest absolute Gasteiger partial charge is 0.314 e. The molecular weight excluding hydrogens is 516 g/mol. The van der Waals surface area contributed by atoms with Crippen LogP contribution in [0, 0.1) is 10.8 Å². The summed E-state index contributed by atoms with van der Waals surface area (Å²) in [6, 6.07) is 20.0. The molecule has 0 unspecified atom stereocenters. The molecule has 0 aliphatic rings. The van der Waals surface area contributed by atoms with E-state index in [1.807, 2.05) is 64.1 Å². The van der Waals surface area contributed by atoms with E-state index in [0.29, 0.717) is 25.9 Å². The molecule has 0 aliphatic carbocycles. The van der Waals surface area contributed by atoms with E-state index >= 15 is 0 Å². The van der Waals surface area contributed by atoms with Crippen LogP contribution in [0.5, 0.6) is 0 Å². The minimum Gasteiger partial charge on any atom is -0.396 e. The number of amides is 2. The molecule has 8 heteroatoms. The molecular formula is C33H54N4O4. The number of nitrogens with zero attached hydrogens (tertiary/aromatic N) is 1. The van der Waals surface area contributed by atoms with Gasteiger partial charge in [0.1, 0.15) is 0 Å². The normalized spacial score (nSPS) is 11.1. The Kier molecular flexibility index (Phi) is 21.8. The van der Waals surface area contributed by atoms with Gasteiger partial charge in [-0.1, -0.05) is 88.4 Å². The molecule has 0 saturated heterocycles. The Bertz CT molecular complexity index is 935. The molecule has 8 nitrogen and oxygen atoms in total. The van der Waals surface area contributed by atoms with E-state index < -0.39 is 0 Å². The first-order valence-corrected chi connectivity index (χ1v) is 14.5. The van der Waals surface area contributed by atoms with E-state index in [1.165, 1.54) is 17.3 Å². The van der Waals surface area contributed by atoms with E-state index in [9.17, 15) is 9.59 Å². The Morgan fingerprint density at radius 2 is 1.29 bits per heavy atom. The molecule has 0 aliphatic heterocycles.